The minimum Gasteiger partial charge on any atom is -0.494 e. The number of hydrogen-bond donors (Lipinski definition) is 1. The number of benzene rings is 1. The molecule has 1 N–H and O–H groups in total. The van der Waals surface area contributed by atoms with E-state index >= 15 is 0 Å². The van der Waals surface area contributed by atoms with Crippen molar-refractivity contribution in [3.63, 3.8) is 0 Å². The van der Waals surface area contributed by atoms with Gasteiger partial charge in [-0.15, -0.1) is 11.3 Å². The van der Waals surface area contributed by atoms with E-state index in [0.717, 1.165) is 27.7 Å². The first kappa shape index (κ1) is 13.5. The number of ether oxygens (including phenoxy) is 1. The zero-order valence-corrected chi connectivity index (χ0v) is 12.8. The third-order valence-corrected chi connectivity index (χ3v) is 4.26. The van der Waals surface area contributed by atoms with Gasteiger partial charge in [0.2, 0.25) is 0 Å². The molecule has 3 rings (SSSR count). The standard InChI is InChI=1S/C14H10Cl2N2OS/c1-19-12-4-5-17-13(12)14-18-11(7-20-14)9-3-2-8(15)6-10(9)16/h2-7,17H,1H3. The van der Waals surface area contributed by atoms with Gasteiger partial charge in [-0.3, -0.25) is 0 Å². The number of thiazole rings is 1. The molecule has 0 fully saturated rings. The zero-order chi connectivity index (χ0) is 14.1. The molecule has 3 aromatic rings. The Morgan fingerprint density at radius 3 is 2.85 bits per heavy atom. The smallest absolute Gasteiger partial charge is 0.146 e. The maximum Gasteiger partial charge on any atom is 0.146 e. The van der Waals surface area contributed by atoms with Crippen LogP contribution in [0.2, 0.25) is 10.0 Å². The van der Waals surface area contributed by atoms with Crippen molar-refractivity contribution in [1.82, 2.24) is 9.97 Å². The van der Waals surface area contributed by atoms with Crippen LogP contribution < -0.4 is 4.74 Å². The van der Waals surface area contributed by atoms with Crippen LogP contribution in [0.1, 0.15) is 0 Å². The number of rotatable bonds is 3. The molecule has 102 valence electrons. The van der Waals surface area contributed by atoms with Crippen LogP contribution in [0, 0.1) is 0 Å². The largest absolute Gasteiger partial charge is 0.494 e. The number of hydrogen-bond acceptors (Lipinski definition) is 3. The Morgan fingerprint density at radius 1 is 1.25 bits per heavy atom. The lowest BCUT2D eigenvalue weighted by Gasteiger charge is -2.01. The molecule has 0 radical (unpaired) electrons. The van der Waals surface area contributed by atoms with Crippen LogP contribution in [0.4, 0.5) is 0 Å². The molecule has 2 aromatic heterocycles. The second-order valence-electron chi connectivity index (χ2n) is 4.08. The van der Waals surface area contributed by atoms with E-state index in [4.69, 9.17) is 27.9 Å². The highest BCUT2D eigenvalue weighted by Crippen LogP contribution is 2.36. The van der Waals surface area contributed by atoms with Gasteiger partial charge in [-0.2, -0.15) is 0 Å². The first-order chi connectivity index (χ1) is 9.69. The van der Waals surface area contributed by atoms with Crippen molar-refractivity contribution in [2.45, 2.75) is 0 Å². The van der Waals surface area contributed by atoms with Crippen molar-refractivity contribution in [3.05, 3.63) is 45.9 Å². The lowest BCUT2D eigenvalue weighted by molar-refractivity contribution is 0.417. The van der Waals surface area contributed by atoms with Crippen LogP contribution >= 0.6 is 34.5 Å². The minimum absolute atomic E-state index is 0.591. The van der Waals surface area contributed by atoms with Crippen molar-refractivity contribution in [3.8, 4) is 27.7 Å². The van der Waals surface area contributed by atoms with E-state index in [1.807, 2.05) is 23.7 Å². The monoisotopic (exact) mass is 324 g/mol. The molecular formula is C14H10Cl2N2OS. The fourth-order valence-corrected chi connectivity index (χ4v) is 3.24. The summed E-state index contributed by atoms with van der Waals surface area (Å²) in [5, 5.41) is 4.02. The molecule has 0 atom stereocenters. The number of nitrogens with zero attached hydrogens (tertiary/aromatic N) is 1. The van der Waals surface area contributed by atoms with E-state index < -0.39 is 0 Å². The summed E-state index contributed by atoms with van der Waals surface area (Å²) in [4.78, 5) is 7.73. The van der Waals surface area contributed by atoms with E-state index in [1.54, 1.807) is 19.2 Å². The van der Waals surface area contributed by atoms with E-state index in [0.29, 0.717) is 10.0 Å². The average molecular weight is 325 g/mol. The maximum absolute atomic E-state index is 6.20. The lowest BCUT2D eigenvalue weighted by atomic mass is 10.2. The minimum atomic E-state index is 0.591. The Balaban J connectivity index is 2.02. The summed E-state index contributed by atoms with van der Waals surface area (Å²) in [5.41, 5.74) is 2.56. The summed E-state index contributed by atoms with van der Waals surface area (Å²) >= 11 is 13.6. The van der Waals surface area contributed by atoms with Crippen LogP contribution in [0.5, 0.6) is 5.75 Å². The SMILES string of the molecule is COc1cc[nH]c1-c1nc(-c2ccc(Cl)cc2Cl)cs1. The molecule has 0 bridgehead atoms. The first-order valence-corrected chi connectivity index (χ1v) is 7.45. The third-order valence-electron chi connectivity index (χ3n) is 2.85. The highest BCUT2D eigenvalue weighted by Gasteiger charge is 2.13. The zero-order valence-electron chi connectivity index (χ0n) is 10.5. The molecule has 2 heterocycles. The molecule has 3 nitrogen and oxygen atoms in total. The van der Waals surface area contributed by atoms with Gasteiger partial charge >= 0.3 is 0 Å². The van der Waals surface area contributed by atoms with E-state index in [9.17, 15) is 0 Å². The average Bonchev–Trinajstić information content (AvgIpc) is 3.06. The van der Waals surface area contributed by atoms with Crippen LogP contribution in [-0.4, -0.2) is 17.1 Å². The molecule has 0 aliphatic heterocycles. The first-order valence-electron chi connectivity index (χ1n) is 5.81. The van der Waals surface area contributed by atoms with Gasteiger partial charge in [0.15, 0.2) is 0 Å². The normalized spacial score (nSPS) is 10.8. The predicted octanol–water partition coefficient (Wildman–Crippen LogP) is 5.12. The number of nitrogens with one attached hydrogen (secondary N) is 1. The summed E-state index contributed by atoms with van der Waals surface area (Å²) in [6, 6.07) is 7.25. The van der Waals surface area contributed by atoms with Crippen LogP contribution in [0.15, 0.2) is 35.8 Å². The molecular weight excluding hydrogens is 315 g/mol. The molecule has 6 heteroatoms. The van der Waals surface area contributed by atoms with Crippen molar-refractivity contribution < 1.29 is 4.74 Å². The van der Waals surface area contributed by atoms with Gasteiger partial charge in [0.25, 0.3) is 0 Å². The van der Waals surface area contributed by atoms with Gasteiger partial charge in [0.1, 0.15) is 16.5 Å². The molecule has 20 heavy (non-hydrogen) atoms. The summed E-state index contributed by atoms with van der Waals surface area (Å²) in [6.45, 7) is 0. The highest BCUT2D eigenvalue weighted by atomic mass is 35.5. The molecule has 0 saturated heterocycles. The van der Waals surface area contributed by atoms with Gasteiger partial charge in [0, 0.05) is 22.2 Å². The van der Waals surface area contributed by atoms with Gasteiger partial charge in [-0.1, -0.05) is 23.2 Å². The van der Waals surface area contributed by atoms with Crippen LogP contribution in [-0.2, 0) is 0 Å². The Labute approximate surface area is 130 Å². The third kappa shape index (κ3) is 2.42. The van der Waals surface area contributed by atoms with E-state index in [1.165, 1.54) is 11.3 Å². The fourth-order valence-electron chi connectivity index (χ4n) is 1.90. The van der Waals surface area contributed by atoms with Gasteiger partial charge in [0.05, 0.1) is 17.8 Å². The fraction of sp³-hybridized carbons (Fsp3) is 0.0714. The molecule has 0 aliphatic rings. The summed E-state index contributed by atoms with van der Waals surface area (Å²) in [6.07, 6.45) is 1.82. The Hall–Kier alpha value is -1.49. The quantitative estimate of drug-likeness (QED) is 0.726. The number of halogens is 2. The van der Waals surface area contributed by atoms with Gasteiger partial charge in [-0.05, 0) is 24.3 Å². The molecule has 1 aromatic carbocycles. The van der Waals surface area contributed by atoms with Crippen LogP contribution in [0.3, 0.4) is 0 Å². The lowest BCUT2D eigenvalue weighted by Crippen LogP contribution is -1.85. The van der Waals surface area contributed by atoms with Gasteiger partial charge < -0.3 is 9.72 Å². The van der Waals surface area contributed by atoms with Gasteiger partial charge in [-0.25, -0.2) is 4.98 Å². The molecule has 0 amide bonds. The molecule has 0 unspecified atom stereocenters. The van der Waals surface area contributed by atoms with Crippen LogP contribution in [0.25, 0.3) is 22.0 Å². The Morgan fingerprint density at radius 2 is 2.10 bits per heavy atom. The molecule has 0 aliphatic carbocycles. The Bertz CT molecular complexity index is 751. The number of methoxy groups -OCH3 is 1. The second-order valence-corrected chi connectivity index (χ2v) is 5.78. The second kappa shape index (κ2) is 5.48. The summed E-state index contributed by atoms with van der Waals surface area (Å²) in [5.74, 6) is 0.771. The maximum atomic E-state index is 6.20. The summed E-state index contributed by atoms with van der Waals surface area (Å²) < 4.78 is 5.29. The Kier molecular flexibility index (Phi) is 3.70. The van der Waals surface area contributed by atoms with Crippen molar-refractivity contribution in [2.24, 2.45) is 0 Å². The highest BCUT2D eigenvalue weighted by molar-refractivity contribution is 7.13. The molecule has 0 saturated carbocycles. The van der Waals surface area contributed by atoms with Crippen molar-refractivity contribution in [2.75, 3.05) is 7.11 Å². The topological polar surface area (TPSA) is 37.9 Å². The summed E-state index contributed by atoms with van der Waals surface area (Å²) in [7, 11) is 1.64. The van der Waals surface area contributed by atoms with E-state index in [-0.39, 0.29) is 0 Å². The van der Waals surface area contributed by atoms with Crippen molar-refractivity contribution in [1.29, 1.82) is 0 Å². The number of aromatic nitrogens is 2. The molecule has 0 spiro atoms. The van der Waals surface area contributed by atoms with Crippen molar-refractivity contribution >= 4 is 34.5 Å². The number of H-pyrrole nitrogens is 1. The number of aromatic amines is 1. The van der Waals surface area contributed by atoms with E-state index in [2.05, 4.69) is 9.97 Å². The predicted molar refractivity (Wildman–Crippen MR) is 83.9 cm³/mol.